The second-order valence-electron chi connectivity index (χ2n) is 4.95. The monoisotopic (exact) mass is 333 g/mol. The van der Waals surface area contributed by atoms with Gasteiger partial charge in [0.15, 0.2) is 0 Å². The summed E-state index contributed by atoms with van der Waals surface area (Å²) in [5, 5.41) is 0.901. The number of alkyl halides is 1. The van der Waals surface area contributed by atoms with Crippen LogP contribution < -0.4 is 9.64 Å². The zero-order valence-corrected chi connectivity index (χ0v) is 13.8. The second kappa shape index (κ2) is 6.80. The molecule has 0 aliphatic rings. The molecule has 3 heteroatoms. The van der Waals surface area contributed by atoms with Gasteiger partial charge in [-0.1, -0.05) is 34.1 Å². The molecule has 0 saturated carbocycles. The van der Waals surface area contributed by atoms with E-state index in [1.165, 1.54) is 22.4 Å². The van der Waals surface area contributed by atoms with E-state index in [-0.39, 0.29) is 0 Å². The van der Waals surface area contributed by atoms with E-state index in [2.05, 4.69) is 65.1 Å². The molecule has 0 radical (unpaired) electrons. The van der Waals surface area contributed by atoms with Crippen LogP contribution in [0.3, 0.4) is 0 Å². The lowest BCUT2D eigenvalue weighted by Gasteiger charge is -2.21. The van der Waals surface area contributed by atoms with Gasteiger partial charge in [0.2, 0.25) is 0 Å². The van der Waals surface area contributed by atoms with Crippen LogP contribution in [0.5, 0.6) is 5.75 Å². The van der Waals surface area contributed by atoms with Crippen molar-refractivity contribution in [2.24, 2.45) is 0 Å². The van der Waals surface area contributed by atoms with Crippen LogP contribution in [0.25, 0.3) is 0 Å². The first kappa shape index (κ1) is 14.9. The summed E-state index contributed by atoms with van der Waals surface area (Å²) in [6, 6.07) is 14.8. The molecule has 106 valence electrons. The smallest absolute Gasteiger partial charge is 0.119 e. The lowest BCUT2D eigenvalue weighted by molar-refractivity contribution is 0.414. The molecule has 2 rings (SSSR count). The number of nitrogens with zero attached hydrogens (tertiary/aromatic N) is 1. The fourth-order valence-electron chi connectivity index (χ4n) is 2.20. The number of anilines is 1. The van der Waals surface area contributed by atoms with Gasteiger partial charge in [-0.2, -0.15) is 0 Å². The molecular weight excluding hydrogens is 314 g/mol. The Balaban J connectivity index is 2.14. The predicted molar refractivity (Wildman–Crippen MR) is 88.9 cm³/mol. The largest absolute Gasteiger partial charge is 0.497 e. The Labute approximate surface area is 129 Å². The van der Waals surface area contributed by atoms with E-state index in [0.29, 0.717) is 0 Å². The summed E-state index contributed by atoms with van der Waals surface area (Å²) in [5.74, 6) is 0.904. The second-order valence-corrected chi connectivity index (χ2v) is 5.51. The Hall–Kier alpha value is -1.48. The van der Waals surface area contributed by atoms with Crippen LogP contribution in [0.15, 0.2) is 42.5 Å². The molecule has 2 aromatic rings. The van der Waals surface area contributed by atoms with Crippen LogP contribution >= 0.6 is 15.9 Å². The molecule has 0 amide bonds. The van der Waals surface area contributed by atoms with Crippen LogP contribution in [0.1, 0.15) is 16.7 Å². The molecule has 0 bridgehead atoms. The Kier molecular flexibility index (Phi) is 5.07. The minimum Gasteiger partial charge on any atom is -0.497 e. The van der Waals surface area contributed by atoms with Crippen molar-refractivity contribution >= 4 is 21.6 Å². The standard InChI is InChI=1S/C17H20BrNO/c1-13-9-16(8-7-15(13)11-18)19(2)12-14-5-4-6-17(10-14)20-3/h4-10H,11-12H2,1-3H3. The molecule has 20 heavy (non-hydrogen) atoms. The molecule has 0 aliphatic heterocycles. The molecule has 2 nitrogen and oxygen atoms in total. The van der Waals surface area contributed by atoms with E-state index in [4.69, 9.17) is 4.74 Å². The van der Waals surface area contributed by atoms with E-state index < -0.39 is 0 Å². The van der Waals surface area contributed by atoms with Gasteiger partial charge < -0.3 is 9.64 Å². The molecule has 0 aromatic heterocycles. The molecule has 0 N–H and O–H groups in total. The molecule has 0 saturated heterocycles. The topological polar surface area (TPSA) is 12.5 Å². The minimum absolute atomic E-state index is 0.865. The van der Waals surface area contributed by atoms with Gasteiger partial charge >= 0.3 is 0 Å². The molecule has 0 fully saturated rings. The van der Waals surface area contributed by atoms with Crippen molar-refractivity contribution in [3.8, 4) is 5.75 Å². The summed E-state index contributed by atoms with van der Waals surface area (Å²) in [6.45, 7) is 3.02. The van der Waals surface area contributed by atoms with Gasteiger partial charge in [0.25, 0.3) is 0 Å². The predicted octanol–water partition coefficient (Wildman–Crippen LogP) is 4.53. The van der Waals surface area contributed by atoms with Crippen molar-refractivity contribution in [1.29, 1.82) is 0 Å². The number of rotatable bonds is 5. The summed E-state index contributed by atoms with van der Waals surface area (Å²) in [4.78, 5) is 2.25. The number of ether oxygens (including phenoxy) is 1. The third-order valence-electron chi connectivity index (χ3n) is 3.46. The number of benzene rings is 2. The fraction of sp³-hybridized carbons (Fsp3) is 0.294. The van der Waals surface area contributed by atoms with Crippen molar-refractivity contribution in [2.45, 2.75) is 18.8 Å². The highest BCUT2D eigenvalue weighted by Gasteiger charge is 2.05. The zero-order valence-electron chi connectivity index (χ0n) is 12.2. The van der Waals surface area contributed by atoms with Crippen molar-refractivity contribution in [1.82, 2.24) is 0 Å². The first-order chi connectivity index (χ1) is 9.63. The average Bonchev–Trinajstić information content (AvgIpc) is 2.47. The maximum atomic E-state index is 5.27. The Morgan fingerprint density at radius 2 is 1.95 bits per heavy atom. The summed E-state index contributed by atoms with van der Waals surface area (Å²) in [5.41, 5.74) is 5.13. The molecular formula is C17H20BrNO. The van der Waals surface area contributed by atoms with Crippen molar-refractivity contribution in [2.75, 3.05) is 19.1 Å². The van der Waals surface area contributed by atoms with Gasteiger partial charge in [0.1, 0.15) is 5.75 Å². The maximum absolute atomic E-state index is 5.27. The first-order valence-corrected chi connectivity index (χ1v) is 7.75. The van der Waals surface area contributed by atoms with Crippen LogP contribution in [-0.4, -0.2) is 14.2 Å². The van der Waals surface area contributed by atoms with Crippen LogP contribution in [0, 0.1) is 6.92 Å². The number of hydrogen-bond acceptors (Lipinski definition) is 2. The van der Waals surface area contributed by atoms with Crippen molar-refractivity contribution < 1.29 is 4.74 Å². The quantitative estimate of drug-likeness (QED) is 0.745. The van der Waals surface area contributed by atoms with Crippen molar-refractivity contribution in [3.63, 3.8) is 0 Å². The highest BCUT2D eigenvalue weighted by atomic mass is 79.9. The molecule has 0 aliphatic carbocycles. The average molecular weight is 334 g/mol. The fourth-order valence-corrected chi connectivity index (χ4v) is 2.83. The highest BCUT2D eigenvalue weighted by Crippen LogP contribution is 2.22. The van der Waals surface area contributed by atoms with E-state index >= 15 is 0 Å². The Morgan fingerprint density at radius 3 is 2.60 bits per heavy atom. The Morgan fingerprint density at radius 1 is 1.15 bits per heavy atom. The van der Waals surface area contributed by atoms with E-state index in [1.54, 1.807) is 7.11 Å². The van der Waals surface area contributed by atoms with Gasteiger partial charge in [0, 0.05) is 24.6 Å². The molecule has 2 aromatic carbocycles. The summed E-state index contributed by atoms with van der Waals surface area (Å²) in [6.07, 6.45) is 0. The Bertz CT molecular complexity index is 583. The van der Waals surface area contributed by atoms with Gasteiger partial charge in [-0.25, -0.2) is 0 Å². The minimum atomic E-state index is 0.865. The summed E-state index contributed by atoms with van der Waals surface area (Å²) in [7, 11) is 3.81. The number of hydrogen-bond donors (Lipinski definition) is 0. The molecule has 0 atom stereocenters. The maximum Gasteiger partial charge on any atom is 0.119 e. The lowest BCUT2D eigenvalue weighted by Crippen LogP contribution is -2.16. The number of aryl methyl sites for hydroxylation is 1. The van der Waals surface area contributed by atoms with E-state index in [1.807, 2.05) is 12.1 Å². The number of methoxy groups -OCH3 is 1. The molecule has 0 heterocycles. The van der Waals surface area contributed by atoms with Gasteiger partial charge in [0.05, 0.1) is 7.11 Å². The van der Waals surface area contributed by atoms with E-state index in [9.17, 15) is 0 Å². The first-order valence-electron chi connectivity index (χ1n) is 6.63. The van der Waals surface area contributed by atoms with Gasteiger partial charge in [-0.15, -0.1) is 0 Å². The van der Waals surface area contributed by atoms with Crippen LogP contribution in [0.4, 0.5) is 5.69 Å². The normalized spacial score (nSPS) is 10.4. The third-order valence-corrected chi connectivity index (χ3v) is 4.07. The summed E-state index contributed by atoms with van der Waals surface area (Å²) >= 11 is 3.51. The van der Waals surface area contributed by atoms with Gasteiger partial charge in [-0.05, 0) is 47.9 Å². The lowest BCUT2D eigenvalue weighted by atomic mass is 10.1. The number of halogens is 1. The van der Waals surface area contributed by atoms with Crippen LogP contribution in [-0.2, 0) is 11.9 Å². The molecule has 0 unspecified atom stereocenters. The summed E-state index contributed by atoms with van der Waals surface area (Å²) < 4.78 is 5.27. The van der Waals surface area contributed by atoms with Gasteiger partial charge in [-0.3, -0.25) is 0 Å². The third kappa shape index (κ3) is 3.54. The van der Waals surface area contributed by atoms with Crippen LogP contribution in [0.2, 0.25) is 0 Å². The van der Waals surface area contributed by atoms with Crippen molar-refractivity contribution in [3.05, 3.63) is 59.2 Å². The molecule has 0 spiro atoms. The van der Waals surface area contributed by atoms with E-state index in [0.717, 1.165) is 17.6 Å². The zero-order chi connectivity index (χ0) is 14.5. The SMILES string of the molecule is COc1cccc(CN(C)c2ccc(CBr)c(C)c2)c1. The highest BCUT2D eigenvalue weighted by molar-refractivity contribution is 9.08.